The van der Waals surface area contributed by atoms with Crippen molar-refractivity contribution < 1.29 is 9.47 Å². The summed E-state index contributed by atoms with van der Waals surface area (Å²) in [6.45, 7) is 4.16. The van der Waals surface area contributed by atoms with Gasteiger partial charge in [-0.25, -0.2) is 0 Å². The highest BCUT2D eigenvalue weighted by atomic mass is 16.7. The van der Waals surface area contributed by atoms with Gasteiger partial charge in [0.25, 0.3) is 0 Å². The molecule has 0 bridgehead atoms. The lowest BCUT2D eigenvalue weighted by molar-refractivity contribution is 0.0678. The predicted octanol–water partition coefficient (Wildman–Crippen LogP) is 2.27. The molecule has 3 rings (SSSR count). The summed E-state index contributed by atoms with van der Waals surface area (Å²) in [7, 11) is 0. The summed E-state index contributed by atoms with van der Waals surface area (Å²) in [4.78, 5) is 0. The molecule has 0 amide bonds. The number of ether oxygens (including phenoxy) is 2. The van der Waals surface area contributed by atoms with Crippen LogP contribution in [0.4, 0.5) is 0 Å². The van der Waals surface area contributed by atoms with Gasteiger partial charge in [0.15, 0.2) is 11.5 Å². The third kappa shape index (κ3) is 1.76. The Morgan fingerprint density at radius 1 is 1.12 bits per heavy atom. The minimum Gasteiger partial charge on any atom is -0.451 e. The van der Waals surface area contributed by atoms with E-state index in [1.807, 2.05) is 13.0 Å². The van der Waals surface area contributed by atoms with Gasteiger partial charge in [-0.2, -0.15) is 0 Å². The van der Waals surface area contributed by atoms with Crippen LogP contribution in [0.25, 0.3) is 0 Å². The van der Waals surface area contributed by atoms with Crippen LogP contribution in [-0.4, -0.2) is 19.4 Å². The minimum atomic E-state index is -0.140. The molecule has 86 valence electrons. The van der Waals surface area contributed by atoms with Crippen LogP contribution in [0.5, 0.6) is 11.5 Å². The van der Waals surface area contributed by atoms with E-state index in [1.54, 1.807) is 0 Å². The Morgan fingerprint density at radius 3 is 2.69 bits per heavy atom. The summed E-state index contributed by atoms with van der Waals surface area (Å²) in [5.41, 5.74) is 1.39. The molecule has 16 heavy (non-hydrogen) atoms. The molecule has 0 spiro atoms. The maximum Gasteiger partial charge on any atom is 0.238 e. The maximum absolute atomic E-state index is 5.60. The fraction of sp³-hybridized carbons (Fsp3) is 0.538. The molecule has 0 aromatic heterocycles. The number of hydrogen-bond donors (Lipinski definition) is 1. The lowest BCUT2D eigenvalue weighted by Crippen LogP contribution is -2.26. The first-order valence-electron chi connectivity index (χ1n) is 6.01. The van der Waals surface area contributed by atoms with Crippen molar-refractivity contribution in [1.29, 1.82) is 0 Å². The van der Waals surface area contributed by atoms with Crippen molar-refractivity contribution in [2.75, 3.05) is 13.1 Å². The summed E-state index contributed by atoms with van der Waals surface area (Å²) in [6.07, 6.45) is 2.29. The summed E-state index contributed by atoms with van der Waals surface area (Å²) in [5.74, 6) is 2.46. The van der Waals surface area contributed by atoms with E-state index in [1.165, 1.54) is 18.4 Å². The van der Waals surface area contributed by atoms with Gasteiger partial charge in [-0.15, -0.1) is 0 Å². The molecule has 1 fully saturated rings. The van der Waals surface area contributed by atoms with Crippen molar-refractivity contribution in [3.8, 4) is 11.5 Å². The highest BCUT2D eigenvalue weighted by molar-refractivity contribution is 5.45. The van der Waals surface area contributed by atoms with Crippen LogP contribution in [-0.2, 0) is 0 Å². The van der Waals surface area contributed by atoms with Gasteiger partial charge in [0, 0.05) is 6.92 Å². The number of rotatable bonds is 1. The first-order valence-corrected chi connectivity index (χ1v) is 6.01. The van der Waals surface area contributed by atoms with Gasteiger partial charge in [0.2, 0.25) is 6.29 Å². The molecule has 1 N–H and O–H groups in total. The molecule has 3 heteroatoms. The molecule has 1 aromatic carbocycles. The van der Waals surface area contributed by atoms with Crippen molar-refractivity contribution in [1.82, 2.24) is 5.32 Å². The summed E-state index contributed by atoms with van der Waals surface area (Å²) >= 11 is 0. The van der Waals surface area contributed by atoms with Gasteiger partial charge in [-0.05, 0) is 49.5 Å². The molecule has 2 heterocycles. The monoisotopic (exact) mass is 219 g/mol. The Kier molecular flexibility index (Phi) is 2.48. The van der Waals surface area contributed by atoms with Crippen molar-refractivity contribution >= 4 is 0 Å². The number of benzene rings is 1. The Balaban J connectivity index is 1.84. The fourth-order valence-electron chi connectivity index (χ4n) is 2.50. The van der Waals surface area contributed by atoms with Crippen molar-refractivity contribution in [3.63, 3.8) is 0 Å². The molecule has 1 aromatic rings. The van der Waals surface area contributed by atoms with Crippen LogP contribution < -0.4 is 14.8 Å². The van der Waals surface area contributed by atoms with Gasteiger partial charge < -0.3 is 14.8 Å². The van der Waals surface area contributed by atoms with E-state index < -0.39 is 0 Å². The van der Waals surface area contributed by atoms with Crippen LogP contribution in [0.1, 0.15) is 31.2 Å². The summed E-state index contributed by atoms with van der Waals surface area (Å²) in [5, 5.41) is 3.39. The van der Waals surface area contributed by atoms with Crippen LogP contribution >= 0.6 is 0 Å². The second kappa shape index (κ2) is 3.98. The molecule has 0 saturated carbocycles. The zero-order valence-corrected chi connectivity index (χ0v) is 9.53. The average molecular weight is 219 g/mol. The van der Waals surface area contributed by atoms with Gasteiger partial charge in [-0.3, -0.25) is 0 Å². The molecule has 2 aliphatic heterocycles. The number of fused-ring (bicyclic) bond motifs is 1. The first kappa shape index (κ1) is 9.97. The van der Waals surface area contributed by atoms with Gasteiger partial charge in [0.1, 0.15) is 0 Å². The number of hydrogen-bond acceptors (Lipinski definition) is 3. The van der Waals surface area contributed by atoms with Crippen LogP contribution in [0.15, 0.2) is 18.2 Å². The largest absolute Gasteiger partial charge is 0.451 e. The molecule has 2 aliphatic rings. The smallest absolute Gasteiger partial charge is 0.238 e. The Morgan fingerprint density at radius 2 is 1.88 bits per heavy atom. The summed E-state index contributed by atoms with van der Waals surface area (Å²) < 4.78 is 11.1. The van der Waals surface area contributed by atoms with Crippen LogP contribution in [0, 0.1) is 0 Å². The molecular weight excluding hydrogens is 202 g/mol. The second-order valence-corrected chi connectivity index (χ2v) is 4.53. The Labute approximate surface area is 95.8 Å². The fourth-order valence-corrected chi connectivity index (χ4v) is 2.50. The lowest BCUT2D eigenvalue weighted by atomic mass is 9.90. The molecule has 0 aliphatic carbocycles. The van der Waals surface area contributed by atoms with E-state index in [0.717, 1.165) is 24.6 Å². The third-order valence-corrected chi connectivity index (χ3v) is 3.36. The highest BCUT2D eigenvalue weighted by Crippen LogP contribution is 2.38. The standard InChI is InChI=1S/C13H17NO2/c1-9-15-12-3-2-11(8-13(12)16-9)10-4-6-14-7-5-10/h2-3,8-10,14H,4-7H2,1H3. The van der Waals surface area contributed by atoms with Gasteiger partial charge >= 0.3 is 0 Å². The molecule has 1 unspecified atom stereocenters. The predicted molar refractivity (Wildman–Crippen MR) is 62.0 cm³/mol. The number of nitrogens with one attached hydrogen (secondary N) is 1. The van der Waals surface area contributed by atoms with E-state index in [4.69, 9.17) is 9.47 Å². The van der Waals surface area contributed by atoms with Gasteiger partial charge in [0.05, 0.1) is 0 Å². The molecule has 1 atom stereocenters. The SMILES string of the molecule is CC1Oc2ccc(C3CCNCC3)cc2O1. The van der Waals surface area contributed by atoms with Crippen molar-refractivity contribution in [2.45, 2.75) is 32.0 Å². The van der Waals surface area contributed by atoms with Gasteiger partial charge in [-0.1, -0.05) is 6.07 Å². The second-order valence-electron chi connectivity index (χ2n) is 4.53. The van der Waals surface area contributed by atoms with Crippen molar-refractivity contribution in [2.24, 2.45) is 0 Å². The molecule has 3 nitrogen and oxygen atoms in total. The quantitative estimate of drug-likeness (QED) is 0.786. The topological polar surface area (TPSA) is 30.5 Å². The van der Waals surface area contributed by atoms with E-state index in [0.29, 0.717) is 5.92 Å². The van der Waals surface area contributed by atoms with Crippen molar-refractivity contribution in [3.05, 3.63) is 23.8 Å². The lowest BCUT2D eigenvalue weighted by Gasteiger charge is -2.23. The highest BCUT2D eigenvalue weighted by Gasteiger charge is 2.22. The summed E-state index contributed by atoms with van der Waals surface area (Å²) in [6, 6.07) is 6.36. The zero-order valence-electron chi connectivity index (χ0n) is 9.53. The average Bonchev–Trinajstić information content (AvgIpc) is 2.69. The van der Waals surface area contributed by atoms with E-state index in [-0.39, 0.29) is 6.29 Å². The molecule has 1 saturated heterocycles. The minimum absolute atomic E-state index is 0.140. The first-order chi connectivity index (χ1) is 7.83. The van der Waals surface area contributed by atoms with Crippen LogP contribution in [0.3, 0.4) is 0 Å². The van der Waals surface area contributed by atoms with E-state index in [9.17, 15) is 0 Å². The van der Waals surface area contributed by atoms with Crippen LogP contribution in [0.2, 0.25) is 0 Å². The molecule has 0 radical (unpaired) electrons. The third-order valence-electron chi connectivity index (χ3n) is 3.36. The maximum atomic E-state index is 5.60. The number of piperidine rings is 1. The normalized spacial score (nSPS) is 24.7. The van der Waals surface area contributed by atoms with E-state index >= 15 is 0 Å². The Bertz CT molecular complexity index is 386. The van der Waals surface area contributed by atoms with E-state index in [2.05, 4.69) is 17.4 Å². The Hall–Kier alpha value is -1.22. The molecular formula is C13H17NO2. The zero-order chi connectivity index (χ0) is 11.0.